The molecule has 8 rings (SSSR count). The van der Waals surface area contributed by atoms with Crippen molar-refractivity contribution in [2.24, 2.45) is 0 Å². The minimum absolute atomic E-state index is 0.0769. The highest BCUT2D eigenvalue weighted by molar-refractivity contribution is 8.44. The van der Waals surface area contributed by atoms with Crippen LogP contribution in [0.1, 0.15) is 12.5 Å². The van der Waals surface area contributed by atoms with Crippen LogP contribution in [0.4, 0.5) is 11.8 Å². The van der Waals surface area contributed by atoms with Gasteiger partial charge in [0.25, 0.3) is 5.56 Å². The first-order valence-electron chi connectivity index (χ1n) is 13.4. The van der Waals surface area contributed by atoms with Gasteiger partial charge in [0.1, 0.15) is 48.0 Å². The number of hydrogen-bond acceptors (Lipinski definition) is 18. The normalized spacial score (nSPS) is 39.7. The number of anilines is 2. The third-order valence-electron chi connectivity index (χ3n) is 8.05. The lowest BCUT2D eigenvalue weighted by Gasteiger charge is -2.32. The molecule has 4 aliphatic rings. The molecule has 0 radical (unpaired) electrons. The van der Waals surface area contributed by atoms with Gasteiger partial charge in [-0.2, -0.15) is 4.98 Å². The third kappa shape index (κ3) is 4.78. The van der Waals surface area contributed by atoms with Crippen LogP contribution in [0.25, 0.3) is 22.3 Å². The van der Waals surface area contributed by atoms with E-state index < -0.39 is 82.0 Å². The molecule has 2 unspecified atom stereocenters. The molecule has 0 spiro atoms. The number of fused-ring (bicyclic) bond motifs is 4. The number of nitrogens with zero attached hydrogens (tertiary/aromatic N) is 7. The summed E-state index contributed by atoms with van der Waals surface area (Å²) in [4.78, 5) is 46.0. The number of aromatic amines is 1. The smallest absolute Gasteiger partial charge is 0.387 e. The van der Waals surface area contributed by atoms with Crippen LogP contribution in [-0.2, 0) is 41.4 Å². The summed E-state index contributed by atoms with van der Waals surface area (Å²) < 4.78 is 70.1. The maximum absolute atomic E-state index is 13.6. The van der Waals surface area contributed by atoms with Crippen LogP contribution >= 0.6 is 26.9 Å². The summed E-state index contributed by atoms with van der Waals surface area (Å²) >= 11 is 4.13. The summed E-state index contributed by atoms with van der Waals surface area (Å²) in [6.45, 7) is -5.79. The summed E-state index contributed by atoms with van der Waals surface area (Å²) in [7, 11) is -5.06. The molecular formula is C21H24N10O12P2S. The van der Waals surface area contributed by atoms with Crippen LogP contribution in [0, 0.1) is 0 Å². The van der Waals surface area contributed by atoms with E-state index in [0.29, 0.717) is 5.65 Å². The number of nitrogens with one attached hydrogen (secondary N) is 1. The SMILES string of the molecule is Nc1nc2c(ncn2[C@@H]2OC3CO[P@](=O)(S)O[C@H]4[C@H]5OC[C@]4(COP(=O)(O)O[C@@H]2[C@@H]3O)O[C@H]5n2cnc3c(N)ncnc32)c(=O)[nH]1. The number of phosphoric ester groups is 1. The Balaban J connectivity index is 1.14. The second kappa shape index (κ2) is 10.5. The van der Waals surface area contributed by atoms with Crippen molar-refractivity contribution in [3.05, 3.63) is 29.3 Å². The predicted molar refractivity (Wildman–Crippen MR) is 153 cm³/mol. The number of ether oxygens (including phenoxy) is 3. The first kappa shape index (κ1) is 30.3. The van der Waals surface area contributed by atoms with Crippen LogP contribution in [0.5, 0.6) is 0 Å². The van der Waals surface area contributed by atoms with E-state index in [1.165, 1.54) is 21.8 Å². The van der Waals surface area contributed by atoms with Crippen molar-refractivity contribution in [1.82, 2.24) is 39.0 Å². The van der Waals surface area contributed by atoms with Crippen LogP contribution in [0.15, 0.2) is 23.8 Å². The molecule has 22 nitrogen and oxygen atoms in total. The lowest BCUT2D eigenvalue weighted by Crippen LogP contribution is -2.45. The van der Waals surface area contributed by atoms with Crippen molar-refractivity contribution >= 4 is 61.0 Å². The quantitative estimate of drug-likeness (QED) is 0.108. The van der Waals surface area contributed by atoms with Crippen molar-refractivity contribution in [3.63, 3.8) is 0 Å². The lowest BCUT2D eigenvalue weighted by atomic mass is 10.0. The van der Waals surface area contributed by atoms with Gasteiger partial charge in [0.2, 0.25) is 5.95 Å². The van der Waals surface area contributed by atoms with Gasteiger partial charge >= 0.3 is 14.6 Å². The molecule has 25 heteroatoms. The number of nitrogen functional groups attached to an aromatic ring is 2. The Kier molecular flexibility index (Phi) is 6.90. The largest absolute Gasteiger partial charge is 0.472 e. The molecule has 4 aromatic rings. The van der Waals surface area contributed by atoms with Gasteiger partial charge < -0.3 is 35.7 Å². The molecule has 4 fully saturated rings. The Morgan fingerprint density at radius 2 is 1.76 bits per heavy atom. The number of hydrogen-bond donors (Lipinski definition) is 6. The minimum Gasteiger partial charge on any atom is -0.387 e. The number of rotatable bonds is 2. The highest BCUT2D eigenvalue weighted by atomic mass is 32.7. The van der Waals surface area contributed by atoms with Crippen LogP contribution in [0.3, 0.4) is 0 Å². The molecule has 4 bridgehead atoms. The molecule has 0 amide bonds. The zero-order valence-electron chi connectivity index (χ0n) is 23.0. The molecule has 4 aliphatic heterocycles. The molecular weight excluding hydrogens is 678 g/mol. The number of aliphatic hydroxyl groups excluding tert-OH is 1. The van der Waals surface area contributed by atoms with E-state index in [1.807, 2.05) is 0 Å². The van der Waals surface area contributed by atoms with Crippen LogP contribution in [-0.4, -0.2) is 105 Å². The maximum atomic E-state index is 13.6. The highest BCUT2D eigenvalue weighted by Crippen LogP contribution is 2.61. The van der Waals surface area contributed by atoms with Crippen molar-refractivity contribution in [2.75, 3.05) is 31.3 Å². The van der Waals surface area contributed by atoms with Crippen molar-refractivity contribution in [3.8, 4) is 0 Å². The van der Waals surface area contributed by atoms with Crippen molar-refractivity contribution in [1.29, 1.82) is 0 Å². The van der Waals surface area contributed by atoms with E-state index in [9.17, 15) is 23.9 Å². The second-order valence-corrected chi connectivity index (χ2v) is 15.1. The summed E-state index contributed by atoms with van der Waals surface area (Å²) in [5.74, 6) is -0.131. The summed E-state index contributed by atoms with van der Waals surface area (Å²) in [5, 5.41) is 11.1. The number of thiol groups is 1. The molecule has 0 aromatic carbocycles. The minimum atomic E-state index is -5.06. The Morgan fingerprint density at radius 3 is 2.57 bits per heavy atom. The van der Waals surface area contributed by atoms with E-state index in [2.05, 4.69) is 42.2 Å². The molecule has 246 valence electrons. The monoisotopic (exact) mass is 702 g/mol. The van der Waals surface area contributed by atoms with Gasteiger partial charge in [-0.05, 0) is 0 Å². The molecule has 0 saturated carbocycles. The molecule has 0 aliphatic carbocycles. The van der Waals surface area contributed by atoms with Crippen molar-refractivity contribution in [2.45, 2.75) is 48.6 Å². The first-order valence-corrected chi connectivity index (χ1v) is 17.6. The van der Waals surface area contributed by atoms with Crippen LogP contribution < -0.4 is 17.0 Å². The van der Waals surface area contributed by atoms with Crippen molar-refractivity contribution < 1.29 is 51.4 Å². The number of nitrogens with two attached hydrogens (primary N) is 2. The summed E-state index contributed by atoms with van der Waals surface area (Å²) in [6.07, 6.45) is -5.49. The standard InChI is InChI=1S/C21H24N10O12P2S/c22-14-8-15(25-4-24-14)30(5-26-8)19-12-13-21(41-19,2-37-12)3-39-44(34,35)42-11-10(32)7(1-38-45(36,46)43-13)40-18(11)31-6-27-9-16(31)28-20(23)29-17(9)33/h4-7,10-13,18-19,32H,1-3H2,(H,34,35)(H,36,46)(H2,22,24,25)(H3,23,28,29,33)/t7?,10-,11-,12-,13+,18-,19-,21-,45+/m1/s1. The van der Waals surface area contributed by atoms with Gasteiger partial charge in [0.05, 0.1) is 32.5 Å². The molecule has 8 heterocycles. The van der Waals surface area contributed by atoms with E-state index in [0.717, 1.165) is 6.33 Å². The van der Waals surface area contributed by atoms with Gasteiger partial charge in [-0.3, -0.25) is 37.0 Å². The van der Waals surface area contributed by atoms with Gasteiger partial charge in [-0.25, -0.2) is 29.1 Å². The Labute approximate surface area is 260 Å². The third-order valence-corrected chi connectivity index (χ3v) is 10.6. The fourth-order valence-electron chi connectivity index (χ4n) is 5.97. The van der Waals surface area contributed by atoms with Gasteiger partial charge in [-0.1, -0.05) is 12.2 Å². The Hall–Kier alpha value is -3.05. The molecule has 7 N–H and O–H groups in total. The zero-order chi connectivity index (χ0) is 32.2. The second-order valence-electron chi connectivity index (χ2n) is 10.9. The van der Waals surface area contributed by atoms with E-state index in [4.69, 9.17) is 43.8 Å². The van der Waals surface area contributed by atoms with E-state index in [1.54, 1.807) is 0 Å². The zero-order valence-corrected chi connectivity index (χ0v) is 25.7. The number of imidazole rings is 2. The topological polar surface area (TPSA) is 298 Å². The van der Waals surface area contributed by atoms with Crippen LogP contribution in [0.2, 0.25) is 0 Å². The number of phosphoric acid groups is 1. The average molecular weight is 702 g/mol. The average Bonchev–Trinajstić information content (AvgIpc) is 3.80. The Morgan fingerprint density at radius 1 is 1.00 bits per heavy atom. The van der Waals surface area contributed by atoms with E-state index in [-0.39, 0.29) is 35.1 Å². The fraction of sp³-hybridized carbons (Fsp3) is 0.524. The first-order chi connectivity index (χ1) is 21.8. The van der Waals surface area contributed by atoms with E-state index >= 15 is 0 Å². The predicted octanol–water partition coefficient (Wildman–Crippen LogP) is -0.996. The van der Waals surface area contributed by atoms with Gasteiger partial charge in [0.15, 0.2) is 35.1 Å². The molecule has 4 aromatic heterocycles. The summed E-state index contributed by atoms with van der Waals surface area (Å²) in [6, 6.07) is 0. The molecule has 46 heavy (non-hydrogen) atoms. The van der Waals surface area contributed by atoms with Gasteiger partial charge in [-0.15, -0.1) is 0 Å². The van der Waals surface area contributed by atoms with Gasteiger partial charge in [0, 0.05) is 0 Å². The maximum Gasteiger partial charge on any atom is 0.472 e. The summed E-state index contributed by atoms with van der Waals surface area (Å²) in [5.41, 5.74) is 9.68. The molecule has 10 atom stereocenters. The Bertz CT molecular complexity index is 2030. The number of H-pyrrole nitrogens is 1. The number of aliphatic hydroxyl groups is 1. The fourth-order valence-corrected chi connectivity index (χ4v) is 8.45. The highest BCUT2D eigenvalue weighted by Gasteiger charge is 2.66. The number of aromatic nitrogens is 8. The molecule has 4 saturated heterocycles. The lowest BCUT2D eigenvalue weighted by molar-refractivity contribution is -0.184.